The normalized spacial score (nSPS) is 32.3. The highest BCUT2D eigenvalue weighted by molar-refractivity contribution is 4.94. The minimum Gasteiger partial charge on any atom is -0.376 e. The van der Waals surface area contributed by atoms with E-state index in [1.807, 2.05) is 0 Å². The smallest absolute Gasteiger partial charge is 0.190 e. The van der Waals surface area contributed by atoms with Gasteiger partial charge >= 0.3 is 0 Å². The first-order valence-corrected chi connectivity index (χ1v) is 22.2. The molecule has 0 radical (unpaired) electrons. The van der Waals surface area contributed by atoms with Gasteiger partial charge in [-0.25, -0.2) is 0 Å². The summed E-state index contributed by atoms with van der Waals surface area (Å²) in [5, 5.41) is 0. The Morgan fingerprint density at radius 3 is 1.00 bits per heavy atom. The first-order valence-electron chi connectivity index (χ1n) is 22.2. The van der Waals surface area contributed by atoms with Crippen LogP contribution < -0.4 is 0 Å². The Kier molecular flexibility index (Phi) is 23.1. The molecule has 6 rings (SSSR count). The van der Waals surface area contributed by atoms with E-state index in [1.54, 1.807) is 34.6 Å². The molecule has 6 saturated heterocycles. The van der Waals surface area contributed by atoms with Gasteiger partial charge < -0.3 is 99.5 Å². The van der Waals surface area contributed by atoms with E-state index in [-0.39, 0.29) is 63.6 Å². The van der Waals surface area contributed by atoms with Crippen molar-refractivity contribution >= 4 is 0 Å². The topological polar surface area (TPSA) is 210 Å². The summed E-state index contributed by atoms with van der Waals surface area (Å²) < 4.78 is 124. The molecular weight excluding hydrogens is 828 g/mol. The zero-order valence-corrected chi connectivity index (χ0v) is 37.1. The van der Waals surface area contributed by atoms with Gasteiger partial charge in [0.05, 0.1) is 139 Å². The van der Waals surface area contributed by atoms with Gasteiger partial charge in [0.1, 0.15) is 54.9 Å². The van der Waals surface area contributed by atoms with Crippen molar-refractivity contribution < 1.29 is 99.5 Å². The summed E-state index contributed by atoms with van der Waals surface area (Å²) in [4.78, 5) is 0. The molecule has 15 atom stereocenters. The van der Waals surface area contributed by atoms with Gasteiger partial charge in [-0.1, -0.05) is 0 Å². The Morgan fingerprint density at radius 1 is 0.339 bits per heavy atom. The van der Waals surface area contributed by atoms with Crippen LogP contribution in [0.3, 0.4) is 0 Å². The number of rotatable bonds is 41. The van der Waals surface area contributed by atoms with Gasteiger partial charge in [-0.2, -0.15) is 0 Å². The Hall–Kier alpha value is -0.840. The molecule has 6 heterocycles. The number of ether oxygens (including phenoxy) is 21. The van der Waals surface area contributed by atoms with Crippen LogP contribution in [0.2, 0.25) is 0 Å². The van der Waals surface area contributed by atoms with Gasteiger partial charge in [0.15, 0.2) is 37.7 Å². The van der Waals surface area contributed by atoms with E-state index in [0.717, 1.165) is 6.61 Å². The largest absolute Gasteiger partial charge is 0.376 e. The fourth-order valence-electron chi connectivity index (χ4n) is 6.13. The van der Waals surface area contributed by atoms with Crippen LogP contribution in [0.1, 0.15) is 34.6 Å². The van der Waals surface area contributed by atoms with E-state index in [9.17, 15) is 0 Å². The van der Waals surface area contributed by atoms with E-state index in [1.165, 1.54) is 0 Å². The van der Waals surface area contributed by atoms with Crippen molar-refractivity contribution in [2.45, 2.75) is 127 Å². The monoisotopic (exact) mass is 900 g/mol. The second kappa shape index (κ2) is 28.4. The minimum absolute atomic E-state index is 0.0129. The Bertz CT molecular complexity index is 1160. The fraction of sp³-hybridized carbons (Fsp3) is 1.00. The number of epoxide rings is 5. The van der Waals surface area contributed by atoms with Crippen molar-refractivity contribution in [2.24, 2.45) is 0 Å². The predicted molar refractivity (Wildman–Crippen MR) is 210 cm³/mol. The van der Waals surface area contributed by atoms with Crippen LogP contribution in [0.5, 0.6) is 0 Å². The van der Waals surface area contributed by atoms with Crippen LogP contribution in [0.25, 0.3) is 0 Å². The van der Waals surface area contributed by atoms with Crippen molar-refractivity contribution in [1.82, 2.24) is 0 Å². The van der Waals surface area contributed by atoms with Crippen LogP contribution in [0.4, 0.5) is 0 Å². The second-order valence-electron chi connectivity index (χ2n) is 15.7. The Morgan fingerprint density at radius 2 is 0.645 bits per heavy atom. The van der Waals surface area contributed by atoms with Gasteiger partial charge in [0.25, 0.3) is 0 Å². The molecule has 0 bridgehead atoms. The Labute approximate surface area is 365 Å². The summed E-state index contributed by atoms with van der Waals surface area (Å²) in [5.41, 5.74) is 0. The predicted octanol–water partition coefficient (Wildman–Crippen LogP) is 0.790. The molecular formula is C41H72O21. The first kappa shape index (κ1) is 50.6. The average Bonchev–Trinajstić information content (AvgIpc) is 4.02. The summed E-state index contributed by atoms with van der Waals surface area (Å²) in [5.74, 6) is 0. The van der Waals surface area contributed by atoms with Crippen LogP contribution in [-0.4, -0.2) is 231 Å². The van der Waals surface area contributed by atoms with Gasteiger partial charge in [-0.3, -0.25) is 0 Å². The molecule has 0 spiro atoms. The molecule has 0 amide bonds. The molecule has 0 aromatic heterocycles. The number of hydrogen-bond donors (Lipinski definition) is 0. The molecule has 21 heteroatoms. The van der Waals surface area contributed by atoms with E-state index in [2.05, 4.69) is 0 Å². The second-order valence-corrected chi connectivity index (χ2v) is 15.7. The highest BCUT2D eigenvalue weighted by atomic mass is 16.8. The zero-order valence-electron chi connectivity index (χ0n) is 37.1. The van der Waals surface area contributed by atoms with E-state index in [4.69, 9.17) is 99.5 Å². The third kappa shape index (κ3) is 22.1. The van der Waals surface area contributed by atoms with Crippen molar-refractivity contribution in [1.29, 1.82) is 0 Å². The lowest BCUT2D eigenvalue weighted by molar-refractivity contribution is -0.385. The summed E-state index contributed by atoms with van der Waals surface area (Å²) in [6.07, 6.45) is -7.47. The number of hydrogen-bond acceptors (Lipinski definition) is 21. The summed E-state index contributed by atoms with van der Waals surface area (Å²) in [6, 6.07) is 0. The first-order chi connectivity index (χ1) is 30.3. The summed E-state index contributed by atoms with van der Waals surface area (Å²) in [6.45, 7) is 18.3. The van der Waals surface area contributed by atoms with Gasteiger partial charge in [-0.05, 0) is 34.6 Å². The van der Waals surface area contributed by atoms with E-state index < -0.39 is 62.2 Å². The Balaban J connectivity index is 1.13. The maximum absolute atomic E-state index is 6.73. The molecule has 11 unspecified atom stereocenters. The van der Waals surface area contributed by atoms with Gasteiger partial charge in [0.2, 0.25) is 0 Å². The third-order valence-electron chi connectivity index (χ3n) is 9.89. The molecule has 362 valence electrons. The lowest BCUT2D eigenvalue weighted by Crippen LogP contribution is -2.64. The third-order valence-corrected chi connectivity index (χ3v) is 9.89. The maximum atomic E-state index is 6.73. The molecule has 0 aliphatic carbocycles. The molecule has 62 heavy (non-hydrogen) atoms. The molecule has 21 nitrogen and oxygen atoms in total. The molecule has 0 saturated carbocycles. The lowest BCUT2D eigenvalue weighted by atomic mass is 9.98. The average molecular weight is 901 g/mol. The van der Waals surface area contributed by atoms with Crippen LogP contribution in [0.15, 0.2) is 0 Å². The molecule has 0 aromatic rings. The van der Waals surface area contributed by atoms with Crippen molar-refractivity contribution in [3.05, 3.63) is 0 Å². The summed E-state index contributed by atoms with van der Waals surface area (Å²) >= 11 is 0. The molecule has 0 N–H and O–H groups in total. The molecule has 6 aliphatic rings. The zero-order chi connectivity index (χ0) is 43.4. The van der Waals surface area contributed by atoms with E-state index >= 15 is 0 Å². The standard InChI is InChI=1S/C41H72O21/c1-27(47-11-6-42-16-32-21-53-32)52-26-37-38(58-28(2)48-12-7-43-17-33-22-54-33)39(59-29(3)49-13-8-44-18-34-23-55-34)40(60-30(4)50-14-9-45-19-35-24-56-35)41(62-37)61-31(5)51-15-10-46-20-36-25-57-36/h27-41H,6-26H2,1-5H3/t27?,28?,29?,30?,31?,32?,33?,34?,35?,36?,37-,38-,39+,40-,41?/m1/s1. The van der Waals surface area contributed by atoms with Gasteiger partial charge in [0, 0.05) is 0 Å². The molecule has 6 fully saturated rings. The van der Waals surface area contributed by atoms with Crippen LogP contribution >= 0.6 is 0 Å². The summed E-state index contributed by atoms with van der Waals surface area (Å²) in [7, 11) is 0. The van der Waals surface area contributed by atoms with Crippen molar-refractivity contribution in [3.8, 4) is 0 Å². The van der Waals surface area contributed by atoms with Gasteiger partial charge in [-0.15, -0.1) is 0 Å². The minimum atomic E-state index is -1.07. The molecule has 6 aliphatic heterocycles. The highest BCUT2D eigenvalue weighted by Gasteiger charge is 2.51. The SMILES string of the molecule is CC(OCCOCC1CO1)OC[C@H]1OC(OC(C)OCCOCC2CO2)[C@H](OC(C)OCCOCC2CO2)[C@@H](OC(C)OCCOCC2CO2)[C@@H]1OC(C)OCCOCC1CO1. The highest BCUT2D eigenvalue weighted by Crippen LogP contribution is 2.33. The van der Waals surface area contributed by atoms with Crippen LogP contribution in [-0.2, 0) is 99.5 Å². The van der Waals surface area contributed by atoms with Crippen molar-refractivity contribution in [2.75, 3.05) is 139 Å². The quantitative estimate of drug-likeness (QED) is 0.0472. The lowest BCUT2D eigenvalue weighted by Gasteiger charge is -2.47. The van der Waals surface area contributed by atoms with Crippen molar-refractivity contribution in [3.63, 3.8) is 0 Å². The fourth-order valence-corrected chi connectivity index (χ4v) is 6.13. The van der Waals surface area contributed by atoms with E-state index in [0.29, 0.717) is 99.1 Å². The van der Waals surface area contributed by atoms with Crippen LogP contribution in [0, 0.1) is 0 Å². The molecule has 0 aromatic carbocycles. The maximum Gasteiger partial charge on any atom is 0.190 e.